The Bertz CT molecular complexity index is 741. The van der Waals surface area contributed by atoms with Gasteiger partial charge in [-0.05, 0) is 25.0 Å². The van der Waals surface area contributed by atoms with Crippen LogP contribution in [0.4, 0.5) is 11.5 Å². The largest absolute Gasteiger partial charge is 0.399 e. The van der Waals surface area contributed by atoms with Gasteiger partial charge in [0, 0.05) is 24.5 Å². The summed E-state index contributed by atoms with van der Waals surface area (Å²) in [7, 11) is 0. The molecule has 0 unspecified atom stereocenters. The van der Waals surface area contributed by atoms with Crippen molar-refractivity contribution in [3.8, 4) is 11.3 Å². The molecule has 0 radical (unpaired) electrons. The Hall–Kier alpha value is -2.67. The van der Waals surface area contributed by atoms with Gasteiger partial charge in [0.2, 0.25) is 0 Å². The number of benzene rings is 1. The van der Waals surface area contributed by atoms with Gasteiger partial charge in [0.15, 0.2) is 5.65 Å². The first-order valence-electron chi connectivity index (χ1n) is 7.14. The fraction of sp³-hybridized carbons (Fsp3) is 0.267. The summed E-state index contributed by atoms with van der Waals surface area (Å²) in [6.07, 6.45) is 3.95. The third-order valence-electron chi connectivity index (χ3n) is 3.41. The standard InChI is InChI=1S/C11H10N6.C4H8O/c12-7-3-1-6(2-4-7)9-8-10(13)14-5-15-11(8)17-16-9;1-2-4-5-3-1/h1-5H,12H2,(H3,13,14,15,16,17);1-4H2. The van der Waals surface area contributed by atoms with E-state index in [9.17, 15) is 0 Å². The molecular weight excluding hydrogens is 280 g/mol. The number of rotatable bonds is 1. The summed E-state index contributed by atoms with van der Waals surface area (Å²) < 4.78 is 4.94. The maximum atomic E-state index is 5.83. The highest BCUT2D eigenvalue weighted by Crippen LogP contribution is 2.28. The van der Waals surface area contributed by atoms with Crippen LogP contribution in [0, 0.1) is 0 Å². The van der Waals surface area contributed by atoms with E-state index in [1.54, 1.807) is 0 Å². The Morgan fingerprint density at radius 1 is 1.00 bits per heavy atom. The first kappa shape index (κ1) is 14.3. The monoisotopic (exact) mass is 298 g/mol. The molecule has 4 rings (SSSR count). The number of nitrogens with zero attached hydrogens (tertiary/aromatic N) is 3. The normalized spacial score (nSPS) is 13.8. The minimum atomic E-state index is 0.413. The third-order valence-corrected chi connectivity index (χ3v) is 3.41. The molecule has 0 saturated carbocycles. The lowest BCUT2D eigenvalue weighted by atomic mass is 10.1. The second-order valence-electron chi connectivity index (χ2n) is 5.00. The van der Waals surface area contributed by atoms with E-state index in [0.717, 1.165) is 29.9 Å². The molecule has 114 valence electrons. The summed E-state index contributed by atoms with van der Waals surface area (Å²) in [6, 6.07) is 7.44. The molecule has 0 atom stereocenters. The average Bonchev–Trinajstić information content (AvgIpc) is 3.21. The van der Waals surface area contributed by atoms with Gasteiger partial charge >= 0.3 is 0 Å². The van der Waals surface area contributed by atoms with Crippen LogP contribution in [0.25, 0.3) is 22.3 Å². The molecule has 0 bridgehead atoms. The van der Waals surface area contributed by atoms with E-state index < -0.39 is 0 Å². The SMILES string of the molecule is C1CCOC1.Nc1ccc(-c2[nH]nc3ncnc(N)c23)cc1. The summed E-state index contributed by atoms with van der Waals surface area (Å²) in [5.41, 5.74) is 14.5. The van der Waals surface area contributed by atoms with E-state index in [1.807, 2.05) is 24.3 Å². The van der Waals surface area contributed by atoms with Crippen molar-refractivity contribution in [3.05, 3.63) is 30.6 Å². The molecule has 7 nitrogen and oxygen atoms in total. The number of hydrogen-bond donors (Lipinski definition) is 3. The van der Waals surface area contributed by atoms with Crippen LogP contribution in [-0.4, -0.2) is 33.4 Å². The second kappa shape index (κ2) is 6.40. The molecule has 0 amide bonds. The van der Waals surface area contributed by atoms with Crippen LogP contribution in [-0.2, 0) is 4.74 Å². The van der Waals surface area contributed by atoms with Crippen LogP contribution in [0.5, 0.6) is 0 Å². The Kier molecular flexibility index (Phi) is 4.15. The quantitative estimate of drug-likeness (QED) is 0.592. The van der Waals surface area contributed by atoms with Crippen LogP contribution >= 0.6 is 0 Å². The number of aromatic amines is 1. The lowest BCUT2D eigenvalue weighted by Crippen LogP contribution is -1.92. The highest BCUT2D eigenvalue weighted by Gasteiger charge is 2.11. The molecule has 0 aliphatic carbocycles. The van der Waals surface area contributed by atoms with E-state index in [-0.39, 0.29) is 0 Å². The Morgan fingerprint density at radius 2 is 1.73 bits per heavy atom. The van der Waals surface area contributed by atoms with Crippen molar-refractivity contribution in [2.75, 3.05) is 24.7 Å². The molecule has 1 aliphatic rings. The number of aromatic nitrogens is 4. The van der Waals surface area contributed by atoms with Crippen molar-refractivity contribution in [3.63, 3.8) is 0 Å². The molecule has 3 heterocycles. The lowest BCUT2D eigenvalue weighted by molar-refractivity contribution is 0.198. The van der Waals surface area contributed by atoms with Gasteiger partial charge in [-0.15, -0.1) is 0 Å². The molecule has 0 spiro atoms. The number of nitrogen functional groups attached to an aromatic ring is 2. The number of fused-ring (bicyclic) bond motifs is 1. The van der Waals surface area contributed by atoms with Crippen LogP contribution in [0.2, 0.25) is 0 Å². The fourth-order valence-corrected chi connectivity index (χ4v) is 2.25. The van der Waals surface area contributed by atoms with Gasteiger partial charge in [-0.25, -0.2) is 9.97 Å². The Labute approximate surface area is 127 Å². The zero-order chi connectivity index (χ0) is 15.4. The van der Waals surface area contributed by atoms with E-state index in [1.165, 1.54) is 19.2 Å². The lowest BCUT2D eigenvalue weighted by Gasteiger charge is -2.00. The first-order valence-corrected chi connectivity index (χ1v) is 7.14. The van der Waals surface area contributed by atoms with Gasteiger partial charge in [-0.1, -0.05) is 12.1 Å². The summed E-state index contributed by atoms with van der Waals surface area (Å²) in [5, 5.41) is 7.74. The fourth-order valence-electron chi connectivity index (χ4n) is 2.25. The van der Waals surface area contributed by atoms with E-state index in [0.29, 0.717) is 17.2 Å². The van der Waals surface area contributed by atoms with Crippen molar-refractivity contribution in [1.29, 1.82) is 0 Å². The smallest absolute Gasteiger partial charge is 0.186 e. The summed E-state index contributed by atoms with van der Waals surface area (Å²) in [4.78, 5) is 8.01. The maximum absolute atomic E-state index is 5.83. The molecule has 1 aliphatic heterocycles. The molecule has 7 heteroatoms. The summed E-state index contributed by atoms with van der Waals surface area (Å²) in [5.74, 6) is 0.413. The number of ether oxygens (including phenoxy) is 1. The number of nitrogens with one attached hydrogen (secondary N) is 1. The summed E-state index contributed by atoms with van der Waals surface area (Å²) >= 11 is 0. The Morgan fingerprint density at radius 3 is 2.36 bits per heavy atom. The zero-order valence-corrected chi connectivity index (χ0v) is 12.1. The minimum absolute atomic E-state index is 0.413. The number of H-pyrrole nitrogens is 1. The number of anilines is 2. The van der Waals surface area contributed by atoms with Crippen molar-refractivity contribution in [1.82, 2.24) is 20.2 Å². The predicted octanol–water partition coefficient (Wildman–Crippen LogP) is 1.98. The minimum Gasteiger partial charge on any atom is -0.399 e. The van der Waals surface area contributed by atoms with Crippen LogP contribution < -0.4 is 11.5 Å². The molecule has 3 aromatic rings. The van der Waals surface area contributed by atoms with E-state index in [4.69, 9.17) is 16.2 Å². The van der Waals surface area contributed by atoms with Gasteiger partial charge in [-0.3, -0.25) is 5.10 Å². The highest BCUT2D eigenvalue weighted by molar-refractivity contribution is 5.97. The van der Waals surface area contributed by atoms with Crippen molar-refractivity contribution in [2.45, 2.75) is 12.8 Å². The van der Waals surface area contributed by atoms with Crippen molar-refractivity contribution >= 4 is 22.5 Å². The molecule has 22 heavy (non-hydrogen) atoms. The third kappa shape index (κ3) is 2.99. The molecule has 1 aromatic carbocycles. The topological polar surface area (TPSA) is 116 Å². The van der Waals surface area contributed by atoms with Crippen molar-refractivity contribution in [2.24, 2.45) is 0 Å². The predicted molar refractivity (Wildman–Crippen MR) is 86.0 cm³/mol. The molecular formula is C15H18N6O. The Balaban J connectivity index is 0.000000246. The number of nitrogens with two attached hydrogens (primary N) is 2. The van der Waals surface area contributed by atoms with Gasteiger partial charge in [-0.2, -0.15) is 5.10 Å². The summed E-state index contributed by atoms with van der Waals surface area (Å²) in [6.45, 7) is 2.00. The van der Waals surface area contributed by atoms with Crippen molar-refractivity contribution < 1.29 is 4.74 Å². The van der Waals surface area contributed by atoms with Crippen LogP contribution in [0.1, 0.15) is 12.8 Å². The molecule has 1 saturated heterocycles. The molecule has 1 fully saturated rings. The van der Waals surface area contributed by atoms with Crippen LogP contribution in [0.3, 0.4) is 0 Å². The van der Waals surface area contributed by atoms with Gasteiger partial charge in [0.05, 0.1) is 11.1 Å². The zero-order valence-electron chi connectivity index (χ0n) is 12.1. The van der Waals surface area contributed by atoms with Crippen LogP contribution in [0.15, 0.2) is 30.6 Å². The van der Waals surface area contributed by atoms with Gasteiger partial charge in [0.1, 0.15) is 12.1 Å². The van der Waals surface area contributed by atoms with E-state index >= 15 is 0 Å². The first-order chi connectivity index (χ1) is 10.8. The van der Waals surface area contributed by atoms with Gasteiger partial charge < -0.3 is 16.2 Å². The maximum Gasteiger partial charge on any atom is 0.186 e. The average molecular weight is 298 g/mol. The molecule has 2 aromatic heterocycles. The molecule has 5 N–H and O–H groups in total. The second-order valence-corrected chi connectivity index (χ2v) is 5.00. The van der Waals surface area contributed by atoms with E-state index in [2.05, 4.69) is 20.2 Å². The number of hydrogen-bond acceptors (Lipinski definition) is 6. The van der Waals surface area contributed by atoms with Gasteiger partial charge in [0.25, 0.3) is 0 Å². The highest BCUT2D eigenvalue weighted by atomic mass is 16.5.